The number of thiazole rings is 1. The number of rotatable bonds is 6. The molecule has 0 bridgehead atoms. The zero-order valence-corrected chi connectivity index (χ0v) is 18.9. The van der Waals surface area contributed by atoms with E-state index in [1.807, 2.05) is 49.4 Å². The first-order valence-corrected chi connectivity index (χ1v) is 11.6. The largest absolute Gasteiger partial charge is 0.322 e. The fourth-order valence-electron chi connectivity index (χ4n) is 2.87. The molecular weight excluding hydrogens is 450 g/mol. The number of nitrogens with one attached hydrogen (secondary N) is 2. The SMILES string of the molecule is CC(Sc1cccc(NC(=O)c2cccc(Cl)c2)c1)C(=O)Nc1nc2ccccc2s1. The minimum absolute atomic E-state index is 0.127. The second kappa shape index (κ2) is 9.51. The van der Waals surface area contributed by atoms with Crippen LogP contribution in [0.25, 0.3) is 10.2 Å². The van der Waals surface area contributed by atoms with E-state index in [0.717, 1.165) is 15.1 Å². The number of hydrogen-bond acceptors (Lipinski definition) is 5. The molecule has 0 fully saturated rings. The van der Waals surface area contributed by atoms with Crippen LogP contribution in [0, 0.1) is 0 Å². The summed E-state index contributed by atoms with van der Waals surface area (Å²) < 4.78 is 1.03. The van der Waals surface area contributed by atoms with E-state index in [9.17, 15) is 9.59 Å². The van der Waals surface area contributed by atoms with Gasteiger partial charge in [-0.3, -0.25) is 9.59 Å². The Bertz CT molecular complexity index is 1230. The van der Waals surface area contributed by atoms with E-state index >= 15 is 0 Å². The molecule has 2 N–H and O–H groups in total. The van der Waals surface area contributed by atoms with Gasteiger partial charge in [0.1, 0.15) is 0 Å². The summed E-state index contributed by atoms with van der Waals surface area (Å²) in [5.41, 5.74) is 1.99. The molecule has 1 heterocycles. The average Bonchev–Trinajstić information content (AvgIpc) is 3.16. The van der Waals surface area contributed by atoms with Crippen LogP contribution in [0.15, 0.2) is 77.7 Å². The summed E-state index contributed by atoms with van der Waals surface area (Å²) in [6.07, 6.45) is 0. The highest BCUT2D eigenvalue weighted by atomic mass is 35.5. The Kier molecular flexibility index (Phi) is 6.56. The molecule has 0 aliphatic heterocycles. The van der Waals surface area contributed by atoms with Gasteiger partial charge in [0.2, 0.25) is 5.91 Å². The Labute approximate surface area is 192 Å². The van der Waals surface area contributed by atoms with Gasteiger partial charge in [0.25, 0.3) is 5.91 Å². The van der Waals surface area contributed by atoms with Crippen LogP contribution in [0.3, 0.4) is 0 Å². The maximum atomic E-state index is 12.6. The lowest BCUT2D eigenvalue weighted by Gasteiger charge is -2.12. The summed E-state index contributed by atoms with van der Waals surface area (Å²) >= 11 is 8.82. The monoisotopic (exact) mass is 467 g/mol. The zero-order chi connectivity index (χ0) is 21.8. The van der Waals surface area contributed by atoms with E-state index in [4.69, 9.17) is 11.6 Å². The van der Waals surface area contributed by atoms with E-state index in [0.29, 0.717) is 21.4 Å². The summed E-state index contributed by atoms with van der Waals surface area (Å²) in [6.45, 7) is 1.84. The second-order valence-corrected chi connectivity index (χ2v) is 9.61. The smallest absolute Gasteiger partial charge is 0.255 e. The first-order valence-electron chi connectivity index (χ1n) is 9.48. The molecule has 0 radical (unpaired) electrons. The topological polar surface area (TPSA) is 71.1 Å². The van der Waals surface area contributed by atoms with Gasteiger partial charge in [-0.25, -0.2) is 4.98 Å². The summed E-state index contributed by atoms with van der Waals surface area (Å²) in [5, 5.41) is 6.50. The van der Waals surface area contributed by atoms with E-state index in [1.165, 1.54) is 23.1 Å². The molecule has 0 saturated carbocycles. The molecular formula is C23H18ClN3O2S2. The molecule has 0 spiro atoms. The van der Waals surface area contributed by atoms with Gasteiger partial charge in [-0.15, -0.1) is 11.8 Å². The number of aromatic nitrogens is 1. The molecule has 0 aliphatic carbocycles. The van der Waals surface area contributed by atoms with Crippen molar-refractivity contribution in [2.24, 2.45) is 0 Å². The van der Waals surface area contributed by atoms with Gasteiger partial charge < -0.3 is 10.6 Å². The minimum Gasteiger partial charge on any atom is -0.322 e. The Morgan fingerprint density at radius 2 is 1.81 bits per heavy atom. The van der Waals surface area contributed by atoms with Crippen molar-refractivity contribution in [3.63, 3.8) is 0 Å². The molecule has 156 valence electrons. The highest BCUT2D eigenvalue weighted by molar-refractivity contribution is 8.00. The van der Waals surface area contributed by atoms with Crippen molar-refractivity contribution in [2.75, 3.05) is 10.6 Å². The number of amides is 2. The molecule has 4 rings (SSSR count). The van der Waals surface area contributed by atoms with Crippen LogP contribution < -0.4 is 10.6 Å². The Hall–Kier alpha value is -2.87. The molecule has 0 saturated heterocycles. The highest BCUT2D eigenvalue weighted by Crippen LogP contribution is 2.29. The number of carbonyl (C=O) groups is 2. The van der Waals surface area contributed by atoms with Crippen molar-refractivity contribution in [3.8, 4) is 0 Å². The summed E-state index contributed by atoms with van der Waals surface area (Å²) in [6, 6.07) is 21.9. The number of fused-ring (bicyclic) bond motifs is 1. The van der Waals surface area contributed by atoms with Gasteiger partial charge in [0, 0.05) is 21.2 Å². The van der Waals surface area contributed by atoms with Crippen LogP contribution in [0.5, 0.6) is 0 Å². The molecule has 4 aromatic rings. The van der Waals surface area contributed by atoms with Crippen LogP contribution in [0.4, 0.5) is 10.8 Å². The number of hydrogen-bond donors (Lipinski definition) is 2. The number of nitrogens with zero attached hydrogens (tertiary/aromatic N) is 1. The van der Waals surface area contributed by atoms with Crippen molar-refractivity contribution in [3.05, 3.63) is 83.4 Å². The standard InChI is InChI=1S/C23H18ClN3O2S2/c1-14(21(28)27-23-26-19-10-2-3-11-20(19)31-23)30-18-9-5-8-17(13-18)25-22(29)15-6-4-7-16(24)12-15/h2-14H,1H3,(H,25,29)(H,26,27,28). The quantitative estimate of drug-likeness (QED) is 0.325. The number of halogens is 1. The fraction of sp³-hybridized carbons (Fsp3) is 0.0870. The van der Waals surface area contributed by atoms with Crippen molar-refractivity contribution in [1.29, 1.82) is 0 Å². The maximum Gasteiger partial charge on any atom is 0.255 e. The van der Waals surface area contributed by atoms with Gasteiger partial charge in [-0.1, -0.05) is 47.2 Å². The fourth-order valence-corrected chi connectivity index (χ4v) is 4.86. The number of thioether (sulfide) groups is 1. The minimum atomic E-state index is -0.342. The van der Waals surface area contributed by atoms with Crippen LogP contribution in [0.1, 0.15) is 17.3 Å². The zero-order valence-electron chi connectivity index (χ0n) is 16.5. The van der Waals surface area contributed by atoms with E-state index < -0.39 is 0 Å². The van der Waals surface area contributed by atoms with Gasteiger partial charge in [0.15, 0.2) is 5.13 Å². The number of carbonyl (C=O) groups excluding carboxylic acids is 2. The summed E-state index contributed by atoms with van der Waals surface area (Å²) in [4.78, 5) is 30.4. The maximum absolute atomic E-state index is 12.6. The number of anilines is 2. The summed E-state index contributed by atoms with van der Waals surface area (Å²) in [7, 11) is 0. The molecule has 31 heavy (non-hydrogen) atoms. The predicted molar refractivity (Wildman–Crippen MR) is 129 cm³/mol. The Morgan fingerprint density at radius 3 is 2.61 bits per heavy atom. The molecule has 8 heteroatoms. The Morgan fingerprint density at radius 1 is 1.00 bits per heavy atom. The Balaban J connectivity index is 1.39. The van der Waals surface area contributed by atoms with Gasteiger partial charge in [0.05, 0.1) is 15.5 Å². The molecule has 3 aromatic carbocycles. The highest BCUT2D eigenvalue weighted by Gasteiger charge is 2.17. The lowest BCUT2D eigenvalue weighted by Crippen LogP contribution is -2.22. The average molecular weight is 468 g/mol. The third-order valence-electron chi connectivity index (χ3n) is 4.38. The molecule has 5 nitrogen and oxygen atoms in total. The first-order chi connectivity index (χ1) is 15.0. The summed E-state index contributed by atoms with van der Waals surface area (Å²) in [5.74, 6) is -0.372. The molecule has 1 unspecified atom stereocenters. The van der Waals surface area contributed by atoms with E-state index in [1.54, 1.807) is 30.3 Å². The molecule has 1 atom stereocenters. The normalized spacial score (nSPS) is 11.8. The van der Waals surface area contributed by atoms with Gasteiger partial charge >= 0.3 is 0 Å². The van der Waals surface area contributed by atoms with Crippen molar-refractivity contribution >= 4 is 67.5 Å². The van der Waals surface area contributed by atoms with Gasteiger partial charge in [-0.05, 0) is 55.5 Å². The first kappa shape index (κ1) is 21.4. The predicted octanol–water partition coefficient (Wildman–Crippen LogP) is 6.32. The second-order valence-electron chi connectivity index (χ2n) is 6.73. The van der Waals surface area contributed by atoms with Crippen molar-refractivity contribution in [2.45, 2.75) is 17.1 Å². The molecule has 1 aromatic heterocycles. The van der Waals surface area contributed by atoms with Crippen LogP contribution in [-0.4, -0.2) is 22.0 Å². The number of benzene rings is 3. The van der Waals surface area contributed by atoms with Crippen LogP contribution in [-0.2, 0) is 4.79 Å². The van der Waals surface area contributed by atoms with Gasteiger partial charge in [-0.2, -0.15) is 0 Å². The third-order valence-corrected chi connectivity index (χ3v) is 6.67. The van der Waals surface area contributed by atoms with Crippen molar-refractivity contribution in [1.82, 2.24) is 4.98 Å². The lowest BCUT2D eigenvalue weighted by molar-refractivity contribution is -0.115. The van der Waals surface area contributed by atoms with Crippen LogP contribution >= 0.6 is 34.7 Å². The van der Waals surface area contributed by atoms with E-state index in [-0.39, 0.29) is 17.1 Å². The van der Waals surface area contributed by atoms with Crippen molar-refractivity contribution < 1.29 is 9.59 Å². The molecule has 2 amide bonds. The number of para-hydroxylation sites is 1. The third kappa shape index (κ3) is 5.44. The molecule has 0 aliphatic rings. The van der Waals surface area contributed by atoms with E-state index in [2.05, 4.69) is 15.6 Å². The lowest BCUT2D eigenvalue weighted by atomic mass is 10.2. The van der Waals surface area contributed by atoms with Crippen LogP contribution in [0.2, 0.25) is 5.02 Å².